The third-order valence-corrected chi connectivity index (χ3v) is 3.74. The molecule has 8 heteroatoms. The number of halogens is 3. The molecule has 0 aliphatic carbocycles. The van der Waals surface area contributed by atoms with E-state index in [1.54, 1.807) is 0 Å². The SMILES string of the molecule is COc1cc(C(=O)NC2CCNCC2C)ccc1OC(F)F.Cl. The highest BCUT2D eigenvalue weighted by Gasteiger charge is 2.23. The lowest BCUT2D eigenvalue weighted by atomic mass is 9.95. The molecule has 1 amide bonds. The predicted octanol–water partition coefficient (Wildman–Crippen LogP) is 2.45. The van der Waals surface area contributed by atoms with E-state index in [0.29, 0.717) is 11.5 Å². The topological polar surface area (TPSA) is 59.6 Å². The van der Waals surface area contributed by atoms with Crippen LogP contribution in [0.25, 0.3) is 0 Å². The molecular weight excluding hydrogens is 330 g/mol. The minimum absolute atomic E-state index is 0. The molecule has 2 atom stereocenters. The Morgan fingerprint density at radius 3 is 2.74 bits per heavy atom. The van der Waals surface area contributed by atoms with E-state index in [4.69, 9.17) is 4.74 Å². The maximum absolute atomic E-state index is 12.3. The number of methoxy groups -OCH3 is 1. The highest BCUT2D eigenvalue weighted by Crippen LogP contribution is 2.29. The Labute approximate surface area is 140 Å². The van der Waals surface area contributed by atoms with Crippen LogP contribution in [0.3, 0.4) is 0 Å². The van der Waals surface area contributed by atoms with Gasteiger partial charge in [0.2, 0.25) is 0 Å². The van der Waals surface area contributed by atoms with Crippen molar-refractivity contribution < 1.29 is 23.0 Å². The van der Waals surface area contributed by atoms with Crippen molar-refractivity contribution in [3.05, 3.63) is 23.8 Å². The lowest BCUT2D eigenvalue weighted by molar-refractivity contribution is -0.0512. The summed E-state index contributed by atoms with van der Waals surface area (Å²) in [5.74, 6) is 0.0947. The van der Waals surface area contributed by atoms with Crippen LogP contribution >= 0.6 is 12.4 Å². The molecule has 23 heavy (non-hydrogen) atoms. The number of hydrogen-bond donors (Lipinski definition) is 2. The molecule has 5 nitrogen and oxygen atoms in total. The van der Waals surface area contributed by atoms with E-state index in [1.807, 2.05) is 0 Å². The average molecular weight is 351 g/mol. The third kappa shape index (κ3) is 5.21. The number of amides is 1. The standard InChI is InChI=1S/C15H20F2N2O3.ClH/c1-9-8-18-6-5-11(9)19-14(20)10-3-4-12(22-15(16)17)13(7-10)21-2;/h3-4,7,9,11,15,18H,5-6,8H2,1-2H3,(H,19,20);1H. The predicted molar refractivity (Wildman–Crippen MR) is 84.8 cm³/mol. The van der Waals surface area contributed by atoms with Crippen LogP contribution in [-0.4, -0.2) is 38.8 Å². The Kier molecular flexibility index (Phi) is 7.51. The Bertz CT molecular complexity index is 531. The number of hydrogen-bond acceptors (Lipinski definition) is 4. The van der Waals surface area contributed by atoms with Gasteiger partial charge in [0.25, 0.3) is 5.91 Å². The molecule has 0 bridgehead atoms. The summed E-state index contributed by atoms with van der Waals surface area (Å²) in [5.41, 5.74) is 0.351. The summed E-state index contributed by atoms with van der Waals surface area (Å²) in [7, 11) is 1.34. The molecule has 0 aromatic heterocycles. The number of ether oxygens (including phenoxy) is 2. The highest BCUT2D eigenvalue weighted by molar-refractivity contribution is 5.95. The zero-order valence-corrected chi connectivity index (χ0v) is 13.8. The van der Waals surface area contributed by atoms with Crippen molar-refractivity contribution in [3.63, 3.8) is 0 Å². The Hall–Kier alpha value is -1.60. The van der Waals surface area contributed by atoms with Gasteiger partial charge in [-0.2, -0.15) is 8.78 Å². The van der Waals surface area contributed by atoms with Gasteiger partial charge in [-0.25, -0.2) is 0 Å². The number of alkyl halides is 2. The van der Waals surface area contributed by atoms with Gasteiger partial charge in [0.15, 0.2) is 11.5 Å². The molecule has 2 rings (SSSR count). The largest absolute Gasteiger partial charge is 0.493 e. The van der Waals surface area contributed by atoms with E-state index in [-0.39, 0.29) is 35.9 Å². The second-order valence-corrected chi connectivity index (χ2v) is 5.29. The zero-order valence-electron chi connectivity index (χ0n) is 13.0. The van der Waals surface area contributed by atoms with E-state index in [0.717, 1.165) is 19.5 Å². The number of nitrogens with one attached hydrogen (secondary N) is 2. The molecule has 1 aliphatic rings. The number of carbonyl (C=O) groups excluding carboxylic acids is 1. The van der Waals surface area contributed by atoms with Crippen molar-refractivity contribution in [3.8, 4) is 11.5 Å². The molecule has 2 N–H and O–H groups in total. The maximum Gasteiger partial charge on any atom is 0.387 e. The third-order valence-electron chi connectivity index (χ3n) is 3.74. The van der Waals surface area contributed by atoms with Crippen molar-refractivity contribution >= 4 is 18.3 Å². The molecule has 0 radical (unpaired) electrons. The van der Waals surface area contributed by atoms with Gasteiger partial charge in [-0.05, 0) is 43.6 Å². The van der Waals surface area contributed by atoms with Crippen molar-refractivity contribution in [1.29, 1.82) is 0 Å². The maximum atomic E-state index is 12.3. The summed E-state index contributed by atoms with van der Waals surface area (Å²) in [4.78, 5) is 12.3. The van der Waals surface area contributed by atoms with Gasteiger partial charge < -0.3 is 20.1 Å². The summed E-state index contributed by atoms with van der Waals surface area (Å²) in [6.45, 7) is 0.844. The first-order chi connectivity index (χ1) is 10.5. The molecule has 1 fully saturated rings. The van der Waals surface area contributed by atoms with Crippen molar-refractivity contribution in [1.82, 2.24) is 10.6 Å². The molecule has 0 spiro atoms. The monoisotopic (exact) mass is 350 g/mol. The van der Waals surface area contributed by atoms with Crippen molar-refractivity contribution in [2.45, 2.75) is 26.0 Å². The number of rotatable bonds is 5. The van der Waals surface area contributed by atoms with E-state index in [1.165, 1.54) is 25.3 Å². The lowest BCUT2D eigenvalue weighted by Gasteiger charge is -2.30. The first-order valence-electron chi connectivity index (χ1n) is 7.15. The molecule has 0 saturated carbocycles. The van der Waals surface area contributed by atoms with Crippen LogP contribution in [-0.2, 0) is 0 Å². The fourth-order valence-corrected chi connectivity index (χ4v) is 2.48. The quantitative estimate of drug-likeness (QED) is 0.856. The normalized spacial score (nSPS) is 20.6. The van der Waals surface area contributed by atoms with Gasteiger partial charge in [0.1, 0.15) is 0 Å². The smallest absolute Gasteiger partial charge is 0.387 e. The van der Waals surface area contributed by atoms with E-state index >= 15 is 0 Å². The van der Waals surface area contributed by atoms with Gasteiger partial charge in [0, 0.05) is 11.6 Å². The van der Waals surface area contributed by atoms with Crippen LogP contribution in [0.15, 0.2) is 18.2 Å². The minimum atomic E-state index is -2.94. The molecule has 1 aromatic rings. The van der Waals surface area contributed by atoms with Crippen LogP contribution in [0.5, 0.6) is 11.5 Å². The van der Waals surface area contributed by atoms with Crippen LogP contribution in [0, 0.1) is 5.92 Å². The van der Waals surface area contributed by atoms with Gasteiger partial charge >= 0.3 is 6.61 Å². The van der Waals surface area contributed by atoms with Gasteiger partial charge in [-0.15, -0.1) is 12.4 Å². The van der Waals surface area contributed by atoms with E-state index in [2.05, 4.69) is 22.3 Å². The van der Waals surface area contributed by atoms with Crippen molar-refractivity contribution in [2.24, 2.45) is 5.92 Å². The highest BCUT2D eigenvalue weighted by atomic mass is 35.5. The molecule has 1 saturated heterocycles. The molecule has 2 unspecified atom stereocenters. The fraction of sp³-hybridized carbons (Fsp3) is 0.533. The van der Waals surface area contributed by atoms with Crippen molar-refractivity contribution in [2.75, 3.05) is 20.2 Å². The summed E-state index contributed by atoms with van der Waals surface area (Å²) < 4.78 is 33.9. The lowest BCUT2D eigenvalue weighted by Crippen LogP contribution is -2.48. The van der Waals surface area contributed by atoms with E-state index < -0.39 is 6.61 Å². The molecule has 130 valence electrons. The average Bonchev–Trinajstić information content (AvgIpc) is 2.49. The molecule has 1 aromatic carbocycles. The summed E-state index contributed by atoms with van der Waals surface area (Å²) in [5, 5.41) is 6.24. The zero-order chi connectivity index (χ0) is 16.1. The first kappa shape index (κ1) is 19.4. The molecular formula is C15H21ClF2N2O3. The van der Waals surface area contributed by atoms with Crippen LogP contribution in [0.4, 0.5) is 8.78 Å². The number of piperidine rings is 1. The Morgan fingerprint density at radius 2 is 2.13 bits per heavy atom. The van der Waals surface area contributed by atoms with Crippen LogP contribution in [0.1, 0.15) is 23.7 Å². The minimum Gasteiger partial charge on any atom is -0.493 e. The van der Waals surface area contributed by atoms with Gasteiger partial charge in [-0.1, -0.05) is 6.92 Å². The molecule has 1 aliphatic heterocycles. The fourth-order valence-electron chi connectivity index (χ4n) is 2.48. The Morgan fingerprint density at radius 1 is 1.39 bits per heavy atom. The summed E-state index contributed by atoms with van der Waals surface area (Å²) >= 11 is 0. The number of benzene rings is 1. The second-order valence-electron chi connectivity index (χ2n) is 5.29. The van der Waals surface area contributed by atoms with Crippen LogP contribution in [0.2, 0.25) is 0 Å². The Balaban J connectivity index is 0.00000264. The van der Waals surface area contributed by atoms with E-state index in [9.17, 15) is 13.6 Å². The van der Waals surface area contributed by atoms with Gasteiger partial charge in [-0.3, -0.25) is 4.79 Å². The number of carbonyl (C=O) groups is 1. The summed E-state index contributed by atoms with van der Waals surface area (Å²) in [6, 6.07) is 4.25. The second kappa shape index (κ2) is 8.88. The van der Waals surface area contributed by atoms with Gasteiger partial charge in [0.05, 0.1) is 7.11 Å². The summed E-state index contributed by atoms with van der Waals surface area (Å²) in [6.07, 6.45) is 0.858. The molecule has 1 heterocycles. The first-order valence-corrected chi connectivity index (χ1v) is 7.15. The van der Waals surface area contributed by atoms with Crippen LogP contribution < -0.4 is 20.1 Å².